The lowest BCUT2D eigenvalue weighted by atomic mass is 10.1. The molecule has 126 valence electrons. The van der Waals surface area contributed by atoms with E-state index >= 15 is 0 Å². The van der Waals surface area contributed by atoms with Crippen LogP contribution in [0, 0.1) is 0 Å². The van der Waals surface area contributed by atoms with Gasteiger partial charge in [-0.1, -0.05) is 42.5 Å². The molecule has 1 atom stereocenters. The Hall–Kier alpha value is -2.33. The molecule has 2 aromatic rings. The first-order valence-electron chi connectivity index (χ1n) is 8.48. The summed E-state index contributed by atoms with van der Waals surface area (Å²) in [6.45, 7) is 2.11. The Morgan fingerprint density at radius 2 is 1.83 bits per heavy atom. The van der Waals surface area contributed by atoms with Crippen molar-refractivity contribution in [3.8, 4) is 0 Å². The number of ether oxygens (including phenoxy) is 1. The highest BCUT2D eigenvalue weighted by molar-refractivity contribution is 5.79. The zero-order valence-corrected chi connectivity index (χ0v) is 13.9. The largest absolute Gasteiger partial charge is 0.399 e. The average Bonchev–Trinajstić information content (AvgIpc) is 3.12. The minimum absolute atomic E-state index is 0.159. The summed E-state index contributed by atoms with van der Waals surface area (Å²) >= 11 is 0. The summed E-state index contributed by atoms with van der Waals surface area (Å²) in [5.74, 6) is 0.159. The number of nitrogens with two attached hydrogens (primary N) is 1. The van der Waals surface area contributed by atoms with Crippen molar-refractivity contribution in [1.82, 2.24) is 4.90 Å². The molecule has 0 radical (unpaired) electrons. The van der Waals surface area contributed by atoms with Gasteiger partial charge >= 0.3 is 0 Å². The summed E-state index contributed by atoms with van der Waals surface area (Å²) in [5, 5.41) is 0. The number of amides is 1. The topological polar surface area (TPSA) is 55.6 Å². The molecule has 1 aliphatic rings. The molecule has 4 nitrogen and oxygen atoms in total. The number of hydrogen-bond acceptors (Lipinski definition) is 3. The van der Waals surface area contributed by atoms with Crippen LogP contribution in [0.5, 0.6) is 0 Å². The van der Waals surface area contributed by atoms with Crippen molar-refractivity contribution in [2.24, 2.45) is 0 Å². The van der Waals surface area contributed by atoms with Crippen LogP contribution >= 0.6 is 0 Å². The van der Waals surface area contributed by atoms with Crippen LogP contribution < -0.4 is 5.73 Å². The van der Waals surface area contributed by atoms with Crippen LogP contribution in [0.25, 0.3) is 0 Å². The number of carbonyl (C=O) groups is 1. The predicted octanol–water partition coefficient (Wildman–Crippen LogP) is 2.67. The fourth-order valence-electron chi connectivity index (χ4n) is 3.08. The quantitative estimate of drug-likeness (QED) is 0.831. The second-order valence-electron chi connectivity index (χ2n) is 6.26. The van der Waals surface area contributed by atoms with Crippen LogP contribution in [0.2, 0.25) is 0 Å². The number of carbonyl (C=O) groups excluding carboxylic acids is 1. The third-order valence-electron chi connectivity index (χ3n) is 4.49. The van der Waals surface area contributed by atoms with Crippen LogP contribution in [-0.2, 0) is 22.4 Å². The predicted molar refractivity (Wildman–Crippen MR) is 95.6 cm³/mol. The fourth-order valence-corrected chi connectivity index (χ4v) is 3.08. The Bertz CT molecular complexity index is 649. The van der Waals surface area contributed by atoms with Crippen molar-refractivity contribution >= 4 is 11.6 Å². The number of rotatable bonds is 6. The lowest BCUT2D eigenvalue weighted by Crippen LogP contribution is -2.42. The maximum Gasteiger partial charge on any atom is 0.227 e. The summed E-state index contributed by atoms with van der Waals surface area (Å²) in [7, 11) is 0. The lowest BCUT2D eigenvalue weighted by molar-refractivity contribution is -0.132. The standard InChI is InChI=1S/C20H24N2O2/c21-18-8-6-17(7-9-18)14-20(23)22(19-11-13-24-15-19)12-10-16-4-2-1-3-5-16/h1-9,19H,10-15,21H2. The van der Waals surface area contributed by atoms with Crippen LogP contribution in [0.15, 0.2) is 54.6 Å². The van der Waals surface area contributed by atoms with Crippen molar-refractivity contribution in [1.29, 1.82) is 0 Å². The third-order valence-corrected chi connectivity index (χ3v) is 4.49. The first kappa shape index (κ1) is 16.5. The molecule has 0 saturated carbocycles. The van der Waals surface area contributed by atoms with Crippen LogP contribution in [0.1, 0.15) is 17.5 Å². The van der Waals surface area contributed by atoms with Crippen molar-refractivity contribution < 1.29 is 9.53 Å². The maximum atomic E-state index is 12.8. The molecule has 0 bridgehead atoms. The number of hydrogen-bond donors (Lipinski definition) is 1. The van der Waals surface area contributed by atoms with Gasteiger partial charge in [-0.3, -0.25) is 4.79 Å². The number of nitrogen functional groups attached to an aromatic ring is 1. The molecule has 1 heterocycles. The Balaban J connectivity index is 1.66. The van der Waals surface area contributed by atoms with E-state index in [4.69, 9.17) is 10.5 Å². The second kappa shape index (κ2) is 7.97. The van der Waals surface area contributed by atoms with Crippen LogP contribution in [0.4, 0.5) is 5.69 Å². The summed E-state index contributed by atoms with van der Waals surface area (Å²) < 4.78 is 5.50. The number of nitrogens with zero attached hydrogens (tertiary/aromatic N) is 1. The van der Waals surface area contributed by atoms with E-state index in [9.17, 15) is 4.79 Å². The molecular weight excluding hydrogens is 300 g/mol. The van der Waals surface area contributed by atoms with Gasteiger partial charge in [-0.15, -0.1) is 0 Å². The molecule has 0 aliphatic carbocycles. The molecule has 24 heavy (non-hydrogen) atoms. The third kappa shape index (κ3) is 4.36. The highest BCUT2D eigenvalue weighted by Gasteiger charge is 2.27. The SMILES string of the molecule is Nc1ccc(CC(=O)N(CCc2ccccc2)C2CCOC2)cc1. The highest BCUT2D eigenvalue weighted by atomic mass is 16.5. The van der Waals surface area contributed by atoms with Gasteiger partial charge in [0.05, 0.1) is 19.1 Å². The second-order valence-corrected chi connectivity index (χ2v) is 6.26. The lowest BCUT2D eigenvalue weighted by Gasteiger charge is -2.28. The van der Waals surface area contributed by atoms with E-state index < -0.39 is 0 Å². The molecule has 0 aromatic heterocycles. The smallest absolute Gasteiger partial charge is 0.227 e. The molecule has 1 amide bonds. The molecule has 3 rings (SSSR count). The van der Waals surface area contributed by atoms with Crippen LogP contribution in [0.3, 0.4) is 0 Å². The van der Waals surface area contributed by atoms with Gasteiger partial charge in [0.15, 0.2) is 0 Å². The monoisotopic (exact) mass is 324 g/mol. The van der Waals surface area contributed by atoms with E-state index in [0.717, 1.165) is 37.2 Å². The highest BCUT2D eigenvalue weighted by Crippen LogP contribution is 2.16. The van der Waals surface area contributed by atoms with E-state index in [2.05, 4.69) is 12.1 Å². The molecule has 0 spiro atoms. The van der Waals surface area contributed by atoms with E-state index in [1.165, 1.54) is 5.56 Å². The Morgan fingerprint density at radius 3 is 2.50 bits per heavy atom. The summed E-state index contributed by atoms with van der Waals surface area (Å²) in [4.78, 5) is 14.8. The van der Waals surface area contributed by atoms with Crippen LogP contribution in [-0.4, -0.2) is 36.6 Å². The molecule has 1 fully saturated rings. The minimum atomic E-state index is 0.159. The first-order chi connectivity index (χ1) is 11.7. The van der Waals surface area contributed by atoms with Gasteiger partial charge in [0.2, 0.25) is 5.91 Å². The molecular formula is C20H24N2O2. The van der Waals surface area contributed by atoms with E-state index in [1.807, 2.05) is 47.4 Å². The average molecular weight is 324 g/mol. The number of anilines is 1. The van der Waals surface area contributed by atoms with Gasteiger partial charge in [0.1, 0.15) is 0 Å². The Morgan fingerprint density at radius 1 is 1.08 bits per heavy atom. The molecule has 2 aromatic carbocycles. The normalized spacial score (nSPS) is 16.9. The molecule has 2 N–H and O–H groups in total. The van der Waals surface area contributed by atoms with Gasteiger partial charge in [0.25, 0.3) is 0 Å². The molecule has 1 aliphatic heterocycles. The summed E-state index contributed by atoms with van der Waals surface area (Å²) in [6, 6.07) is 18.0. The molecule has 1 unspecified atom stereocenters. The van der Waals surface area contributed by atoms with Crippen molar-refractivity contribution in [2.75, 3.05) is 25.5 Å². The van der Waals surface area contributed by atoms with E-state index in [1.54, 1.807) is 0 Å². The van der Waals surface area contributed by atoms with Gasteiger partial charge in [0, 0.05) is 18.8 Å². The van der Waals surface area contributed by atoms with Gasteiger partial charge < -0.3 is 15.4 Å². The number of benzene rings is 2. The van der Waals surface area contributed by atoms with E-state index in [-0.39, 0.29) is 11.9 Å². The van der Waals surface area contributed by atoms with Crippen molar-refractivity contribution in [3.05, 3.63) is 65.7 Å². The molecule has 4 heteroatoms. The Labute approximate surface area is 143 Å². The minimum Gasteiger partial charge on any atom is -0.399 e. The van der Waals surface area contributed by atoms with E-state index in [0.29, 0.717) is 13.0 Å². The molecule has 1 saturated heterocycles. The first-order valence-corrected chi connectivity index (χ1v) is 8.48. The van der Waals surface area contributed by atoms with Gasteiger partial charge in [-0.2, -0.15) is 0 Å². The zero-order valence-electron chi connectivity index (χ0n) is 13.9. The summed E-state index contributed by atoms with van der Waals surface area (Å²) in [5.41, 5.74) is 8.69. The maximum absolute atomic E-state index is 12.8. The Kier molecular flexibility index (Phi) is 5.49. The zero-order chi connectivity index (χ0) is 16.8. The summed E-state index contributed by atoms with van der Waals surface area (Å²) in [6.07, 6.45) is 2.19. The fraction of sp³-hybridized carbons (Fsp3) is 0.350. The van der Waals surface area contributed by atoms with Crippen molar-refractivity contribution in [2.45, 2.75) is 25.3 Å². The van der Waals surface area contributed by atoms with Gasteiger partial charge in [-0.05, 0) is 36.1 Å². The van der Waals surface area contributed by atoms with Gasteiger partial charge in [-0.25, -0.2) is 0 Å². The van der Waals surface area contributed by atoms with Crippen molar-refractivity contribution in [3.63, 3.8) is 0 Å².